The first kappa shape index (κ1) is 14.7. The minimum atomic E-state index is -0.672. The molecule has 0 saturated carbocycles. The lowest BCUT2D eigenvalue weighted by Crippen LogP contribution is -2.30. The van der Waals surface area contributed by atoms with Crippen molar-refractivity contribution in [1.82, 2.24) is 0 Å². The quantitative estimate of drug-likeness (QED) is 0.909. The third-order valence-electron chi connectivity index (χ3n) is 2.60. The van der Waals surface area contributed by atoms with Crippen molar-refractivity contribution < 1.29 is 9.53 Å². The molecular weight excluding hydrogens is 297 g/mol. The first-order valence-electron chi connectivity index (χ1n) is 6.04. The maximum Gasteiger partial charge on any atom is 0.265 e. The second-order valence-electron chi connectivity index (χ2n) is 4.19. The second-order valence-corrected chi connectivity index (χ2v) is 5.03. The summed E-state index contributed by atoms with van der Waals surface area (Å²) in [7, 11) is 0. The lowest BCUT2D eigenvalue weighted by atomic mass is 10.3. The maximum absolute atomic E-state index is 12.0. The molecule has 2 aromatic rings. The molecule has 0 aliphatic heterocycles. The predicted octanol–water partition coefficient (Wildman–Crippen LogP) is 4.40. The highest BCUT2D eigenvalue weighted by Gasteiger charge is 2.16. The zero-order chi connectivity index (χ0) is 14.5. The lowest BCUT2D eigenvalue weighted by Gasteiger charge is -2.15. The molecule has 0 bridgehead atoms. The van der Waals surface area contributed by atoms with E-state index in [1.54, 1.807) is 55.5 Å². The number of nitrogens with one attached hydrogen (secondary N) is 1. The van der Waals surface area contributed by atoms with E-state index in [0.717, 1.165) is 0 Å². The number of halogens is 2. The summed E-state index contributed by atoms with van der Waals surface area (Å²) < 4.78 is 5.53. The van der Waals surface area contributed by atoms with Gasteiger partial charge in [-0.05, 0) is 37.3 Å². The molecule has 1 N–H and O–H groups in total. The Balaban J connectivity index is 2.01. The molecule has 0 aliphatic rings. The number of carbonyl (C=O) groups is 1. The maximum atomic E-state index is 12.0. The van der Waals surface area contributed by atoms with Crippen molar-refractivity contribution in [1.29, 1.82) is 0 Å². The van der Waals surface area contributed by atoms with E-state index in [0.29, 0.717) is 21.5 Å². The van der Waals surface area contributed by atoms with Crippen LogP contribution in [0.15, 0.2) is 48.5 Å². The fourth-order valence-corrected chi connectivity index (χ4v) is 1.96. The summed E-state index contributed by atoms with van der Waals surface area (Å²) in [5, 5.41) is 3.76. The third kappa shape index (κ3) is 3.89. The molecule has 1 unspecified atom stereocenters. The van der Waals surface area contributed by atoms with Gasteiger partial charge in [-0.1, -0.05) is 41.4 Å². The highest BCUT2D eigenvalue weighted by atomic mass is 35.5. The first-order valence-corrected chi connectivity index (χ1v) is 6.79. The SMILES string of the molecule is CC(Oc1ccccc1Cl)C(=O)Nc1cccc(Cl)c1. The van der Waals surface area contributed by atoms with E-state index in [1.165, 1.54) is 0 Å². The molecule has 5 heteroatoms. The number of hydrogen-bond acceptors (Lipinski definition) is 2. The number of benzene rings is 2. The number of amides is 1. The van der Waals surface area contributed by atoms with Crippen molar-refractivity contribution in [2.45, 2.75) is 13.0 Å². The summed E-state index contributed by atoms with van der Waals surface area (Å²) in [6, 6.07) is 13.9. The molecule has 0 spiro atoms. The van der Waals surface area contributed by atoms with Crippen molar-refractivity contribution in [3.05, 3.63) is 58.6 Å². The van der Waals surface area contributed by atoms with Crippen LogP contribution in [0.2, 0.25) is 10.0 Å². The zero-order valence-electron chi connectivity index (χ0n) is 10.8. The van der Waals surface area contributed by atoms with Crippen LogP contribution in [0.1, 0.15) is 6.92 Å². The van der Waals surface area contributed by atoms with Crippen molar-refractivity contribution in [2.75, 3.05) is 5.32 Å². The van der Waals surface area contributed by atoms with E-state index in [1.807, 2.05) is 0 Å². The molecule has 104 valence electrons. The standard InChI is InChI=1S/C15H13Cl2NO2/c1-10(20-14-8-3-2-7-13(14)17)15(19)18-12-6-4-5-11(16)9-12/h2-10H,1H3,(H,18,19). The van der Waals surface area contributed by atoms with Crippen LogP contribution in [-0.4, -0.2) is 12.0 Å². The summed E-state index contributed by atoms with van der Waals surface area (Å²) in [6.45, 7) is 1.66. The Kier molecular flexibility index (Phi) is 4.88. The molecular formula is C15H13Cl2NO2. The Labute approximate surface area is 127 Å². The fraction of sp³-hybridized carbons (Fsp3) is 0.133. The van der Waals surface area contributed by atoms with Gasteiger partial charge in [-0.15, -0.1) is 0 Å². The molecule has 0 aromatic heterocycles. The first-order chi connectivity index (χ1) is 9.56. The van der Waals surface area contributed by atoms with Gasteiger partial charge < -0.3 is 10.1 Å². The van der Waals surface area contributed by atoms with E-state index in [9.17, 15) is 4.79 Å². The summed E-state index contributed by atoms with van der Waals surface area (Å²) in [6.07, 6.45) is -0.672. The van der Waals surface area contributed by atoms with E-state index in [4.69, 9.17) is 27.9 Å². The number of ether oxygens (including phenoxy) is 1. The summed E-state index contributed by atoms with van der Waals surface area (Å²) >= 11 is 11.8. The van der Waals surface area contributed by atoms with Gasteiger partial charge in [0.05, 0.1) is 5.02 Å². The van der Waals surface area contributed by atoms with Crippen LogP contribution < -0.4 is 10.1 Å². The van der Waals surface area contributed by atoms with Gasteiger partial charge in [-0.3, -0.25) is 4.79 Å². The van der Waals surface area contributed by atoms with Gasteiger partial charge in [0.15, 0.2) is 6.10 Å². The van der Waals surface area contributed by atoms with Gasteiger partial charge in [-0.25, -0.2) is 0 Å². The predicted molar refractivity (Wildman–Crippen MR) is 81.6 cm³/mol. The Morgan fingerprint density at radius 1 is 1.15 bits per heavy atom. The normalized spacial score (nSPS) is 11.8. The fourth-order valence-electron chi connectivity index (χ4n) is 1.59. The Hall–Kier alpha value is -1.71. The second kappa shape index (κ2) is 6.64. The Morgan fingerprint density at radius 2 is 1.90 bits per heavy atom. The molecule has 0 radical (unpaired) electrons. The summed E-state index contributed by atoms with van der Waals surface area (Å²) in [5.41, 5.74) is 0.622. The zero-order valence-corrected chi connectivity index (χ0v) is 12.3. The van der Waals surface area contributed by atoms with Gasteiger partial charge in [0.2, 0.25) is 0 Å². The third-order valence-corrected chi connectivity index (χ3v) is 3.15. The van der Waals surface area contributed by atoms with Crippen LogP contribution >= 0.6 is 23.2 Å². The van der Waals surface area contributed by atoms with E-state index in [2.05, 4.69) is 5.32 Å². The Morgan fingerprint density at radius 3 is 2.60 bits per heavy atom. The van der Waals surface area contributed by atoms with Gasteiger partial charge >= 0.3 is 0 Å². The molecule has 1 atom stereocenters. The van der Waals surface area contributed by atoms with Crippen LogP contribution in [0.25, 0.3) is 0 Å². The molecule has 20 heavy (non-hydrogen) atoms. The average Bonchev–Trinajstić information content (AvgIpc) is 2.41. The van der Waals surface area contributed by atoms with Crippen molar-refractivity contribution in [3.63, 3.8) is 0 Å². The molecule has 0 aliphatic carbocycles. The van der Waals surface area contributed by atoms with Crippen molar-refractivity contribution >= 4 is 34.8 Å². The minimum Gasteiger partial charge on any atom is -0.479 e. The topological polar surface area (TPSA) is 38.3 Å². The van der Waals surface area contributed by atoms with E-state index >= 15 is 0 Å². The molecule has 0 heterocycles. The van der Waals surface area contributed by atoms with Crippen LogP contribution in [-0.2, 0) is 4.79 Å². The highest BCUT2D eigenvalue weighted by Crippen LogP contribution is 2.24. The lowest BCUT2D eigenvalue weighted by molar-refractivity contribution is -0.122. The van der Waals surface area contributed by atoms with Crippen LogP contribution in [0.5, 0.6) is 5.75 Å². The number of carbonyl (C=O) groups excluding carboxylic acids is 1. The van der Waals surface area contributed by atoms with Crippen LogP contribution in [0, 0.1) is 0 Å². The number of hydrogen-bond donors (Lipinski definition) is 1. The largest absolute Gasteiger partial charge is 0.479 e. The average molecular weight is 310 g/mol. The Bertz CT molecular complexity index is 616. The summed E-state index contributed by atoms with van der Waals surface area (Å²) in [5.74, 6) is 0.204. The molecule has 2 rings (SSSR count). The molecule has 2 aromatic carbocycles. The number of anilines is 1. The van der Waals surface area contributed by atoms with Gasteiger partial charge in [0.1, 0.15) is 5.75 Å². The van der Waals surface area contributed by atoms with Crippen LogP contribution in [0.3, 0.4) is 0 Å². The van der Waals surface area contributed by atoms with E-state index < -0.39 is 6.10 Å². The van der Waals surface area contributed by atoms with Crippen LogP contribution in [0.4, 0.5) is 5.69 Å². The number of para-hydroxylation sites is 1. The molecule has 0 saturated heterocycles. The van der Waals surface area contributed by atoms with Gasteiger partial charge in [0.25, 0.3) is 5.91 Å². The van der Waals surface area contributed by atoms with E-state index in [-0.39, 0.29) is 5.91 Å². The number of rotatable bonds is 4. The summed E-state index contributed by atoms with van der Waals surface area (Å²) in [4.78, 5) is 12.0. The molecule has 1 amide bonds. The van der Waals surface area contributed by atoms with Gasteiger partial charge in [-0.2, -0.15) is 0 Å². The van der Waals surface area contributed by atoms with Crippen molar-refractivity contribution in [2.24, 2.45) is 0 Å². The molecule has 3 nitrogen and oxygen atoms in total. The monoisotopic (exact) mass is 309 g/mol. The van der Waals surface area contributed by atoms with Crippen molar-refractivity contribution in [3.8, 4) is 5.75 Å². The minimum absolute atomic E-state index is 0.271. The smallest absolute Gasteiger partial charge is 0.265 e. The highest BCUT2D eigenvalue weighted by molar-refractivity contribution is 6.32. The van der Waals surface area contributed by atoms with Gasteiger partial charge in [0, 0.05) is 10.7 Å². The molecule has 0 fully saturated rings.